The lowest BCUT2D eigenvalue weighted by atomic mass is 10.2. The molecule has 0 aliphatic heterocycles. The fourth-order valence-electron chi connectivity index (χ4n) is 1.83. The van der Waals surface area contributed by atoms with Crippen LogP contribution in [0.5, 0.6) is 0 Å². The molecule has 0 saturated heterocycles. The van der Waals surface area contributed by atoms with Crippen molar-refractivity contribution in [2.24, 2.45) is 0 Å². The van der Waals surface area contributed by atoms with E-state index >= 15 is 0 Å². The number of nitro benzene ring substituents is 1. The van der Waals surface area contributed by atoms with E-state index in [4.69, 9.17) is 4.42 Å². The first-order valence-electron chi connectivity index (χ1n) is 6.73. The summed E-state index contributed by atoms with van der Waals surface area (Å²) in [6.07, 6.45) is 2.69. The van der Waals surface area contributed by atoms with Crippen molar-refractivity contribution in [1.29, 1.82) is 0 Å². The summed E-state index contributed by atoms with van der Waals surface area (Å²) in [4.78, 5) is 22.9. The standard InChI is InChI=1S/C15H10N4O4S/c20-13(7-6-10-3-1-4-11(9-10)19(21)22)16-15-18-17-14(23-15)12-5-2-8-24-12/h1-9H,(H,16,18,20). The molecule has 0 unspecified atom stereocenters. The van der Waals surface area contributed by atoms with Crippen molar-refractivity contribution in [2.75, 3.05) is 5.32 Å². The maximum atomic E-state index is 11.8. The maximum absolute atomic E-state index is 11.8. The quantitative estimate of drug-likeness (QED) is 0.432. The molecule has 2 aromatic heterocycles. The largest absolute Gasteiger partial charge is 0.402 e. The van der Waals surface area contributed by atoms with Crippen LogP contribution in [0.2, 0.25) is 0 Å². The lowest BCUT2D eigenvalue weighted by Crippen LogP contribution is -2.07. The Morgan fingerprint density at radius 2 is 2.17 bits per heavy atom. The molecule has 0 bridgehead atoms. The third-order valence-electron chi connectivity index (χ3n) is 2.90. The van der Waals surface area contributed by atoms with Crippen LogP contribution in [0.4, 0.5) is 11.7 Å². The number of carbonyl (C=O) groups excluding carboxylic acids is 1. The summed E-state index contributed by atoms with van der Waals surface area (Å²) >= 11 is 1.44. The molecule has 0 fully saturated rings. The minimum absolute atomic E-state index is 0.0212. The third-order valence-corrected chi connectivity index (χ3v) is 3.75. The second-order valence-corrected chi connectivity index (χ2v) is 5.51. The number of amides is 1. The van der Waals surface area contributed by atoms with Crippen molar-refractivity contribution in [3.8, 4) is 10.8 Å². The number of carbonyl (C=O) groups is 1. The van der Waals surface area contributed by atoms with E-state index in [0.29, 0.717) is 11.5 Å². The topological polar surface area (TPSA) is 111 Å². The van der Waals surface area contributed by atoms with Crippen molar-refractivity contribution in [3.63, 3.8) is 0 Å². The predicted molar refractivity (Wildman–Crippen MR) is 88.4 cm³/mol. The van der Waals surface area contributed by atoms with Gasteiger partial charge < -0.3 is 4.42 Å². The Balaban J connectivity index is 1.65. The highest BCUT2D eigenvalue weighted by atomic mass is 32.1. The first-order valence-corrected chi connectivity index (χ1v) is 7.61. The summed E-state index contributed by atoms with van der Waals surface area (Å²) < 4.78 is 5.33. The zero-order valence-corrected chi connectivity index (χ0v) is 12.9. The molecule has 24 heavy (non-hydrogen) atoms. The Morgan fingerprint density at radius 1 is 1.29 bits per heavy atom. The van der Waals surface area contributed by atoms with Gasteiger partial charge in [0.1, 0.15) is 0 Å². The molecule has 120 valence electrons. The van der Waals surface area contributed by atoms with E-state index in [9.17, 15) is 14.9 Å². The molecule has 0 saturated carbocycles. The molecule has 3 aromatic rings. The van der Waals surface area contributed by atoms with Crippen LogP contribution in [0.1, 0.15) is 5.56 Å². The third kappa shape index (κ3) is 3.70. The van der Waals surface area contributed by atoms with Crippen molar-refractivity contribution in [2.45, 2.75) is 0 Å². The Hall–Kier alpha value is -3.33. The van der Waals surface area contributed by atoms with Gasteiger partial charge >= 0.3 is 6.01 Å². The summed E-state index contributed by atoms with van der Waals surface area (Å²) in [6, 6.07) is 9.59. The van der Waals surface area contributed by atoms with E-state index in [1.54, 1.807) is 12.1 Å². The Bertz CT molecular complexity index is 902. The van der Waals surface area contributed by atoms with Gasteiger partial charge in [0, 0.05) is 18.2 Å². The molecule has 0 spiro atoms. The number of nitro groups is 1. The van der Waals surface area contributed by atoms with Crippen molar-refractivity contribution in [1.82, 2.24) is 10.2 Å². The molecule has 0 aliphatic rings. The highest BCUT2D eigenvalue weighted by molar-refractivity contribution is 7.13. The molecule has 0 aliphatic carbocycles. The molecular formula is C15H10N4O4S. The average Bonchev–Trinajstić information content (AvgIpc) is 3.24. The zero-order chi connectivity index (χ0) is 16.9. The van der Waals surface area contributed by atoms with Crippen LogP contribution in [-0.4, -0.2) is 21.0 Å². The second-order valence-electron chi connectivity index (χ2n) is 4.56. The molecule has 3 rings (SSSR count). The van der Waals surface area contributed by atoms with Gasteiger partial charge in [-0.3, -0.25) is 20.2 Å². The van der Waals surface area contributed by atoms with Crippen LogP contribution in [-0.2, 0) is 4.79 Å². The zero-order valence-electron chi connectivity index (χ0n) is 12.1. The van der Waals surface area contributed by atoms with Crippen LogP contribution in [0.15, 0.2) is 52.3 Å². The number of anilines is 1. The minimum Gasteiger partial charge on any atom is -0.402 e. The number of non-ortho nitro benzene ring substituents is 1. The van der Waals surface area contributed by atoms with Crippen molar-refractivity contribution in [3.05, 3.63) is 63.5 Å². The number of nitrogens with one attached hydrogen (secondary N) is 1. The van der Waals surface area contributed by atoms with E-state index in [1.165, 1.54) is 35.6 Å². The monoisotopic (exact) mass is 342 g/mol. The van der Waals surface area contributed by atoms with Gasteiger partial charge in [0.25, 0.3) is 17.5 Å². The SMILES string of the molecule is O=C(C=Cc1cccc([N+](=O)[O-])c1)Nc1nnc(-c2cccs2)o1. The summed E-state index contributed by atoms with van der Waals surface area (Å²) in [5.41, 5.74) is 0.485. The Kier molecular flexibility index (Phi) is 4.43. The van der Waals surface area contributed by atoms with Gasteiger partial charge in [0.2, 0.25) is 0 Å². The number of rotatable bonds is 5. The fourth-order valence-corrected chi connectivity index (χ4v) is 2.48. The number of aromatic nitrogens is 2. The number of nitrogens with zero attached hydrogens (tertiary/aromatic N) is 3. The Morgan fingerprint density at radius 3 is 2.92 bits per heavy atom. The molecular weight excluding hydrogens is 332 g/mol. The van der Waals surface area contributed by atoms with Gasteiger partial charge in [-0.25, -0.2) is 0 Å². The first kappa shape index (κ1) is 15.6. The maximum Gasteiger partial charge on any atom is 0.322 e. The second kappa shape index (κ2) is 6.84. The van der Waals surface area contributed by atoms with Gasteiger partial charge in [-0.15, -0.1) is 16.4 Å². The van der Waals surface area contributed by atoms with Crippen LogP contribution in [0.25, 0.3) is 16.8 Å². The molecule has 1 aromatic carbocycles. The molecule has 8 nitrogen and oxygen atoms in total. The summed E-state index contributed by atoms with van der Waals surface area (Å²) in [6.45, 7) is 0. The highest BCUT2D eigenvalue weighted by Gasteiger charge is 2.10. The summed E-state index contributed by atoms with van der Waals surface area (Å²) in [5, 5.41) is 22.6. The van der Waals surface area contributed by atoms with E-state index in [0.717, 1.165) is 4.88 Å². The van der Waals surface area contributed by atoms with E-state index in [-0.39, 0.29) is 11.7 Å². The molecule has 9 heteroatoms. The van der Waals surface area contributed by atoms with Gasteiger partial charge in [0.15, 0.2) is 0 Å². The van der Waals surface area contributed by atoms with Crippen LogP contribution in [0, 0.1) is 10.1 Å². The average molecular weight is 342 g/mol. The van der Waals surface area contributed by atoms with Gasteiger partial charge in [0.05, 0.1) is 9.80 Å². The van der Waals surface area contributed by atoms with Gasteiger partial charge in [-0.1, -0.05) is 23.3 Å². The molecule has 1 N–H and O–H groups in total. The molecule has 1 amide bonds. The fraction of sp³-hybridized carbons (Fsp3) is 0. The summed E-state index contributed by atoms with van der Waals surface area (Å²) in [5.74, 6) is -0.161. The highest BCUT2D eigenvalue weighted by Crippen LogP contribution is 2.24. The van der Waals surface area contributed by atoms with Gasteiger partial charge in [-0.05, 0) is 23.1 Å². The van der Waals surface area contributed by atoms with E-state index < -0.39 is 10.8 Å². The van der Waals surface area contributed by atoms with Crippen LogP contribution in [0.3, 0.4) is 0 Å². The smallest absolute Gasteiger partial charge is 0.322 e. The molecule has 0 atom stereocenters. The van der Waals surface area contributed by atoms with Crippen LogP contribution < -0.4 is 5.32 Å². The first-order chi connectivity index (χ1) is 11.6. The van der Waals surface area contributed by atoms with Crippen molar-refractivity contribution >= 4 is 35.0 Å². The number of benzene rings is 1. The molecule has 0 radical (unpaired) electrons. The van der Waals surface area contributed by atoms with Gasteiger partial charge in [-0.2, -0.15) is 0 Å². The number of hydrogen-bond acceptors (Lipinski definition) is 7. The minimum atomic E-state index is -0.498. The molecule has 2 heterocycles. The predicted octanol–water partition coefficient (Wildman–Crippen LogP) is 3.36. The summed E-state index contributed by atoms with van der Waals surface area (Å²) in [7, 11) is 0. The lowest BCUT2D eigenvalue weighted by molar-refractivity contribution is -0.384. The number of hydrogen-bond donors (Lipinski definition) is 1. The lowest BCUT2D eigenvalue weighted by Gasteiger charge is -1.95. The normalized spacial score (nSPS) is 10.8. The van der Waals surface area contributed by atoms with E-state index in [1.807, 2.05) is 17.5 Å². The Labute approximate surface area is 139 Å². The van der Waals surface area contributed by atoms with Crippen molar-refractivity contribution < 1.29 is 14.1 Å². The van der Waals surface area contributed by atoms with Crippen LogP contribution >= 0.6 is 11.3 Å². The van der Waals surface area contributed by atoms with E-state index in [2.05, 4.69) is 15.5 Å². The number of thiophene rings is 1.